The van der Waals surface area contributed by atoms with E-state index < -0.39 is 52.6 Å². The monoisotopic (exact) mass is 440 g/mol. The van der Waals surface area contributed by atoms with Crippen molar-refractivity contribution in [3.05, 3.63) is 22.7 Å². The predicted octanol–water partition coefficient (Wildman–Crippen LogP) is -2.68. The van der Waals surface area contributed by atoms with E-state index in [-0.39, 0.29) is 18.3 Å². The van der Waals surface area contributed by atoms with Gasteiger partial charge in [-0.1, -0.05) is 13.8 Å². The number of aliphatic hydroxyl groups excluding tert-OH is 2. The first-order valence-electron chi connectivity index (χ1n) is 8.20. The van der Waals surface area contributed by atoms with E-state index in [1.165, 1.54) is 12.3 Å². The van der Waals surface area contributed by atoms with Gasteiger partial charge in [0.25, 0.3) is 0 Å². The Balaban J connectivity index is 0.000000749. The van der Waals surface area contributed by atoms with E-state index >= 15 is 0 Å². The second kappa shape index (κ2) is 10.1. The van der Waals surface area contributed by atoms with E-state index in [0.29, 0.717) is 0 Å². The number of anilines is 1. The van der Waals surface area contributed by atoms with Crippen molar-refractivity contribution < 1.29 is 42.0 Å². The van der Waals surface area contributed by atoms with Gasteiger partial charge in [0, 0.05) is 6.20 Å². The normalized spacial score (nSPS) is 25.2. The Morgan fingerprint density at radius 3 is 2.38 bits per heavy atom. The first-order valence-corrected chi connectivity index (χ1v) is 9.60. The quantitative estimate of drug-likeness (QED) is 0.202. The maximum atomic E-state index is 11.8. The number of aliphatic hydroxyl groups is 2. The van der Waals surface area contributed by atoms with Gasteiger partial charge in [0.15, 0.2) is 6.23 Å². The number of rotatable bonds is 5. The first-order chi connectivity index (χ1) is 13.2. The van der Waals surface area contributed by atoms with Crippen LogP contribution in [0.2, 0.25) is 0 Å². The molecule has 2 rings (SSSR count). The van der Waals surface area contributed by atoms with Gasteiger partial charge in [0.2, 0.25) is 0 Å². The molecule has 166 valence electrons. The van der Waals surface area contributed by atoms with E-state index in [1.54, 1.807) is 13.8 Å². The topological polar surface area (TPSA) is 238 Å². The maximum absolute atomic E-state index is 11.8. The summed E-state index contributed by atoms with van der Waals surface area (Å²) >= 11 is 0. The molecule has 1 aromatic rings. The molecule has 29 heavy (non-hydrogen) atoms. The zero-order chi connectivity index (χ0) is 22.5. The molecule has 0 aromatic carbocycles. The molecule has 1 aliphatic rings. The van der Waals surface area contributed by atoms with Gasteiger partial charge in [-0.05, 0) is 12.0 Å². The van der Waals surface area contributed by atoms with Crippen LogP contribution in [0.25, 0.3) is 0 Å². The lowest BCUT2D eigenvalue weighted by Gasteiger charge is -2.18. The summed E-state index contributed by atoms with van der Waals surface area (Å²) in [7, 11) is -4.67. The summed E-state index contributed by atoms with van der Waals surface area (Å²) in [6.07, 6.45) is -3.60. The highest BCUT2D eigenvalue weighted by Gasteiger charge is 2.44. The molecular weight excluding hydrogens is 416 g/mol. The van der Waals surface area contributed by atoms with Crippen LogP contribution in [0.15, 0.2) is 17.1 Å². The lowest BCUT2D eigenvalue weighted by Crippen LogP contribution is -2.40. The number of ether oxygens (including phenoxy) is 2. The number of nitrogens with two attached hydrogens (primary N) is 2. The lowest BCUT2D eigenvalue weighted by molar-refractivity contribution is -0.152. The molecule has 5 atom stereocenters. The summed E-state index contributed by atoms with van der Waals surface area (Å²) in [5.41, 5.74) is 10.3. The van der Waals surface area contributed by atoms with Crippen molar-refractivity contribution in [2.75, 3.05) is 12.3 Å². The summed E-state index contributed by atoms with van der Waals surface area (Å²) in [6, 6.07) is 0.562. The van der Waals surface area contributed by atoms with Crippen molar-refractivity contribution >= 4 is 22.2 Å². The van der Waals surface area contributed by atoms with Gasteiger partial charge in [-0.3, -0.25) is 18.5 Å². The van der Waals surface area contributed by atoms with Crippen LogP contribution in [-0.4, -0.2) is 74.2 Å². The molecule has 0 radical (unpaired) electrons. The average Bonchev–Trinajstić information content (AvgIpc) is 2.85. The fourth-order valence-corrected chi connectivity index (χ4v) is 2.25. The van der Waals surface area contributed by atoms with Gasteiger partial charge < -0.3 is 31.2 Å². The Bertz CT molecular complexity index is 850. The number of hydrogen-bond acceptors (Lipinski definition) is 11. The molecule has 1 saturated heterocycles. The Morgan fingerprint density at radius 2 is 1.90 bits per heavy atom. The highest BCUT2D eigenvalue weighted by molar-refractivity contribution is 7.79. The zero-order valence-corrected chi connectivity index (χ0v) is 16.3. The summed E-state index contributed by atoms with van der Waals surface area (Å²) in [4.78, 5) is 27.1. The Hall–Kier alpha value is -2.14. The molecule has 0 aliphatic carbocycles. The molecule has 8 N–H and O–H groups in total. The van der Waals surface area contributed by atoms with Gasteiger partial charge in [0.1, 0.15) is 36.8 Å². The van der Waals surface area contributed by atoms with E-state index in [0.717, 1.165) is 4.57 Å². The molecule has 0 bridgehead atoms. The SMILES string of the molecule is CC(C)[C@@H](N)C(=O)OC[C@H]1O[C@@H](n2ccc(N)nc2=O)[C@@H](O)[C@@H]1O.O=S(=O)(O)O. The Kier molecular flexibility index (Phi) is 8.64. The van der Waals surface area contributed by atoms with Gasteiger partial charge in [-0.15, -0.1) is 0 Å². The van der Waals surface area contributed by atoms with E-state index in [2.05, 4.69) is 4.98 Å². The molecule has 15 heteroatoms. The van der Waals surface area contributed by atoms with Crippen molar-refractivity contribution in [1.29, 1.82) is 0 Å². The molecule has 0 spiro atoms. The van der Waals surface area contributed by atoms with Crippen LogP contribution in [0.5, 0.6) is 0 Å². The van der Waals surface area contributed by atoms with E-state index in [9.17, 15) is 19.8 Å². The number of esters is 1. The van der Waals surface area contributed by atoms with Crippen LogP contribution < -0.4 is 17.2 Å². The van der Waals surface area contributed by atoms with Crippen LogP contribution in [-0.2, 0) is 24.7 Å². The second-order valence-corrected chi connectivity index (χ2v) is 7.33. The predicted molar refractivity (Wildman–Crippen MR) is 96.8 cm³/mol. The smallest absolute Gasteiger partial charge is 0.394 e. The summed E-state index contributed by atoms with van der Waals surface area (Å²) in [5.74, 6) is -0.716. The first kappa shape index (κ1) is 24.9. The summed E-state index contributed by atoms with van der Waals surface area (Å²) in [6.45, 7) is 3.24. The molecule has 0 amide bonds. The van der Waals surface area contributed by atoms with Crippen LogP contribution in [0, 0.1) is 5.92 Å². The van der Waals surface area contributed by atoms with Crippen LogP contribution in [0.1, 0.15) is 20.1 Å². The van der Waals surface area contributed by atoms with Crippen molar-refractivity contribution in [2.24, 2.45) is 11.7 Å². The maximum Gasteiger partial charge on any atom is 0.394 e. The number of nitrogen functional groups attached to an aromatic ring is 1. The fourth-order valence-electron chi connectivity index (χ4n) is 2.25. The third-order valence-corrected chi connectivity index (χ3v) is 3.84. The van der Waals surface area contributed by atoms with Crippen molar-refractivity contribution in [3.63, 3.8) is 0 Å². The third kappa shape index (κ3) is 7.65. The van der Waals surface area contributed by atoms with Crippen molar-refractivity contribution in [1.82, 2.24) is 9.55 Å². The van der Waals surface area contributed by atoms with Gasteiger partial charge >= 0.3 is 22.1 Å². The largest absolute Gasteiger partial charge is 0.462 e. The molecule has 1 aromatic heterocycles. The zero-order valence-electron chi connectivity index (χ0n) is 15.5. The number of carbonyl (C=O) groups is 1. The summed E-state index contributed by atoms with van der Waals surface area (Å²) < 4.78 is 43.1. The second-order valence-electron chi connectivity index (χ2n) is 6.44. The standard InChI is InChI=1S/C14H22N4O6.H2O4S/c1-6(2)9(16)13(21)23-5-7-10(19)11(20)12(24-7)18-4-3-8(15)17-14(18)22;1-5(2,3)4/h3-4,6-7,9-12,19-20H,5,16H2,1-2H3,(H2,15,17,22);(H2,1,2,3,4)/t7-,9-,10-,11+,12-;/m1./s1. The minimum atomic E-state index is -4.67. The minimum absolute atomic E-state index is 0.0254. The molecule has 0 unspecified atom stereocenters. The van der Waals surface area contributed by atoms with Gasteiger partial charge in [0.05, 0.1) is 0 Å². The average molecular weight is 440 g/mol. The van der Waals surface area contributed by atoms with Crippen LogP contribution in [0.4, 0.5) is 5.82 Å². The molecule has 2 heterocycles. The third-order valence-electron chi connectivity index (χ3n) is 3.84. The number of nitrogens with zero attached hydrogens (tertiary/aromatic N) is 2. The van der Waals surface area contributed by atoms with Crippen LogP contribution in [0.3, 0.4) is 0 Å². The Labute approximate surface area is 165 Å². The number of carbonyl (C=O) groups excluding carboxylic acids is 1. The van der Waals surface area contributed by atoms with Crippen LogP contribution >= 0.6 is 0 Å². The fraction of sp³-hybridized carbons (Fsp3) is 0.643. The molecular formula is C14H24N4O10S. The Morgan fingerprint density at radius 1 is 1.34 bits per heavy atom. The van der Waals surface area contributed by atoms with E-state index in [1.807, 2.05) is 0 Å². The van der Waals surface area contributed by atoms with Gasteiger partial charge in [-0.25, -0.2) is 4.79 Å². The van der Waals surface area contributed by atoms with Crippen molar-refractivity contribution in [3.8, 4) is 0 Å². The highest BCUT2D eigenvalue weighted by atomic mass is 32.3. The van der Waals surface area contributed by atoms with E-state index in [4.69, 9.17) is 38.5 Å². The number of aromatic nitrogens is 2. The molecule has 1 aliphatic heterocycles. The number of hydrogen-bond donors (Lipinski definition) is 6. The van der Waals surface area contributed by atoms with Gasteiger partial charge in [-0.2, -0.15) is 13.4 Å². The molecule has 14 nitrogen and oxygen atoms in total. The van der Waals surface area contributed by atoms with Crippen molar-refractivity contribution in [2.45, 2.75) is 44.4 Å². The molecule has 1 fully saturated rings. The highest BCUT2D eigenvalue weighted by Crippen LogP contribution is 2.28. The summed E-state index contributed by atoms with van der Waals surface area (Å²) in [5, 5.41) is 20.1. The lowest BCUT2D eigenvalue weighted by atomic mass is 10.1. The minimum Gasteiger partial charge on any atom is -0.462 e. The molecule has 0 saturated carbocycles.